The van der Waals surface area contributed by atoms with Gasteiger partial charge in [0.25, 0.3) is 0 Å². The number of ether oxygens (including phenoxy) is 2. The fraction of sp³-hybridized carbons (Fsp3) is 0.318. The van der Waals surface area contributed by atoms with Crippen LogP contribution < -0.4 is 14.8 Å². The van der Waals surface area contributed by atoms with E-state index in [1.807, 2.05) is 11.9 Å². The first-order valence-electron chi connectivity index (χ1n) is 9.82. The number of aliphatic hydroxyl groups excluding tert-OH is 1. The maximum atomic E-state index is 14.2. The highest BCUT2D eigenvalue weighted by atomic mass is 35.5. The second-order valence-corrected chi connectivity index (χ2v) is 7.56. The van der Waals surface area contributed by atoms with E-state index in [0.717, 1.165) is 0 Å². The number of aromatic nitrogens is 2. The summed E-state index contributed by atoms with van der Waals surface area (Å²) in [5.74, 6) is 0.697. The molecule has 0 aliphatic rings. The van der Waals surface area contributed by atoms with Crippen molar-refractivity contribution >= 4 is 34.0 Å². The van der Waals surface area contributed by atoms with Crippen molar-refractivity contribution < 1.29 is 19.0 Å². The van der Waals surface area contributed by atoms with Crippen molar-refractivity contribution in [3.05, 3.63) is 47.5 Å². The fourth-order valence-corrected chi connectivity index (χ4v) is 3.24. The molecule has 0 radical (unpaired) electrons. The number of nitrogens with zero attached hydrogens (tertiary/aromatic N) is 4. The predicted octanol–water partition coefficient (Wildman–Crippen LogP) is 3.76. The zero-order chi connectivity index (χ0) is 23.1. The second kappa shape index (κ2) is 10.9. The average Bonchev–Trinajstić information content (AvgIpc) is 2.77. The maximum absolute atomic E-state index is 14.2. The van der Waals surface area contributed by atoms with E-state index < -0.39 is 11.9 Å². The zero-order valence-corrected chi connectivity index (χ0v) is 18.4. The molecule has 0 amide bonds. The van der Waals surface area contributed by atoms with Gasteiger partial charge in [0.15, 0.2) is 11.5 Å². The van der Waals surface area contributed by atoms with Crippen molar-refractivity contribution in [1.82, 2.24) is 14.9 Å². The first-order valence-corrected chi connectivity index (χ1v) is 10.2. The van der Waals surface area contributed by atoms with Crippen molar-refractivity contribution in [2.75, 3.05) is 39.2 Å². The highest BCUT2D eigenvalue weighted by Crippen LogP contribution is 2.35. The summed E-state index contributed by atoms with van der Waals surface area (Å²) in [5.41, 5.74) is 0.769. The molecule has 32 heavy (non-hydrogen) atoms. The highest BCUT2D eigenvalue weighted by Gasteiger charge is 2.15. The molecular weight excluding hydrogens is 437 g/mol. The molecule has 0 saturated heterocycles. The number of hydrogen-bond acceptors (Lipinski definition) is 8. The van der Waals surface area contributed by atoms with E-state index in [0.29, 0.717) is 52.8 Å². The zero-order valence-electron chi connectivity index (χ0n) is 17.7. The Morgan fingerprint density at radius 2 is 2.09 bits per heavy atom. The average molecular weight is 460 g/mol. The number of likely N-dealkylation sites (N-methyl/N-ethyl adjacent to an activating group) is 1. The Morgan fingerprint density at radius 1 is 1.28 bits per heavy atom. The molecule has 3 aromatic rings. The molecule has 0 aliphatic heterocycles. The summed E-state index contributed by atoms with van der Waals surface area (Å²) in [6, 6.07) is 9.74. The minimum atomic E-state index is -0.755. The number of fused-ring (bicyclic) bond motifs is 1. The molecule has 0 aliphatic carbocycles. The molecule has 0 bridgehead atoms. The van der Waals surface area contributed by atoms with Gasteiger partial charge >= 0.3 is 0 Å². The number of nitriles is 1. The van der Waals surface area contributed by atoms with E-state index in [2.05, 4.69) is 21.4 Å². The predicted molar refractivity (Wildman–Crippen MR) is 120 cm³/mol. The molecule has 0 spiro atoms. The number of nitrogens with one attached hydrogen (secondary N) is 1. The van der Waals surface area contributed by atoms with Crippen LogP contribution in [0, 0.1) is 17.1 Å². The van der Waals surface area contributed by atoms with Crippen LogP contribution in [-0.2, 0) is 0 Å². The molecule has 1 atom stereocenters. The van der Waals surface area contributed by atoms with Crippen molar-refractivity contribution in [3.8, 4) is 17.6 Å². The van der Waals surface area contributed by atoms with Gasteiger partial charge in [-0.3, -0.25) is 0 Å². The van der Waals surface area contributed by atoms with Crippen molar-refractivity contribution in [1.29, 1.82) is 5.26 Å². The third-order valence-electron chi connectivity index (χ3n) is 4.66. The van der Waals surface area contributed by atoms with E-state index in [-0.39, 0.29) is 12.3 Å². The summed E-state index contributed by atoms with van der Waals surface area (Å²) in [7, 11) is 3.32. The van der Waals surface area contributed by atoms with Gasteiger partial charge in [-0.1, -0.05) is 11.6 Å². The van der Waals surface area contributed by atoms with Gasteiger partial charge in [0, 0.05) is 36.0 Å². The lowest BCUT2D eigenvalue weighted by Crippen LogP contribution is -2.33. The van der Waals surface area contributed by atoms with Crippen molar-refractivity contribution in [3.63, 3.8) is 0 Å². The van der Waals surface area contributed by atoms with Crippen LogP contribution in [0.25, 0.3) is 10.9 Å². The monoisotopic (exact) mass is 459 g/mol. The molecule has 2 N–H and O–H groups in total. The Bertz CT molecular complexity index is 1120. The lowest BCUT2D eigenvalue weighted by Gasteiger charge is -2.20. The van der Waals surface area contributed by atoms with Crippen molar-refractivity contribution in [2.45, 2.75) is 12.5 Å². The minimum absolute atomic E-state index is 0.0327. The van der Waals surface area contributed by atoms with Gasteiger partial charge in [0.05, 0.1) is 24.4 Å². The Hall–Kier alpha value is -3.19. The number of aliphatic hydroxyl groups is 1. The van der Waals surface area contributed by atoms with Gasteiger partial charge < -0.3 is 24.8 Å². The Kier molecular flexibility index (Phi) is 8.00. The molecule has 1 heterocycles. The summed E-state index contributed by atoms with van der Waals surface area (Å²) < 4.78 is 25.4. The van der Waals surface area contributed by atoms with Crippen LogP contribution in [-0.4, -0.2) is 59.9 Å². The smallest absolute Gasteiger partial charge is 0.163 e. The van der Waals surface area contributed by atoms with E-state index >= 15 is 0 Å². The molecule has 2 aromatic carbocycles. The van der Waals surface area contributed by atoms with Crippen LogP contribution in [0.5, 0.6) is 11.5 Å². The molecule has 10 heteroatoms. The van der Waals surface area contributed by atoms with Crippen LogP contribution in [0.3, 0.4) is 0 Å². The summed E-state index contributed by atoms with van der Waals surface area (Å²) >= 11 is 5.82. The summed E-state index contributed by atoms with van der Waals surface area (Å²) in [6.45, 7) is 0.958. The first kappa shape index (κ1) is 23.5. The van der Waals surface area contributed by atoms with Crippen LogP contribution in [0.4, 0.5) is 15.9 Å². The van der Waals surface area contributed by atoms with Gasteiger partial charge in [-0.15, -0.1) is 0 Å². The van der Waals surface area contributed by atoms with E-state index in [1.54, 1.807) is 18.2 Å². The SMILES string of the molecule is COc1cc2c(Nc3ccc(Cl)cc3F)ncnc2cc1OCC(O)CN(C)CCC#N. The number of halogens is 2. The summed E-state index contributed by atoms with van der Waals surface area (Å²) in [5, 5.41) is 22.7. The van der Waals surface area contributed by atoms with Gasteiger partial charge in [-0.05, 0) is 31.3 Å². The van der Waals surface area contributed by atoms with Crippen LogP contribution >= 0.6 is 11.6 Å². The number of hydrogen-bond donors (Lipinski definition) is 2. The highest BCUT2D eigenvalue weighted by molar-refractivity contribution is 6.30. The van der Waals surface area contributed by atoms with E-state index in [4.69, 9.17) is 26.3 Å². The van der Waals surface area contributed by atoms with Crippen LogP contribution in [0.15, 0.2) is 36.7 Å². The molecule has 1 unspecified atom stereocenters. The molecule has 0 fully saturated rings. The number of methoxy groups -OCH3 is 1. The Balaban J connectivity index is 1.79. The molecule has 8 nitrogen and oxygen atoms in total. The van der Waals surface area contributed by atoms with E-state index in [1.165, 1.54) is 25.6 Å². The van der Waals surface area contributed by atoms with Gasteiger partial charge in [-0.25, -0.2) is 14.4 Å². The fourth-order valence-electron chi connectivity index (χ4n) is 3.08. The normalized spacial score (nSPS) is 11.9. The van der Waals surface area contributed by atoms with Gasteiger partial charge in [0.1, 0.15) is 30.7 Å². The van der Waals surface area contributed by atoms with Gasteiger partial charge in [0.2, 0.25) is 0 Å². The van der Waals surface area contributed by atoms with Gasteiger partial charge in [-0.2, -0.15) is 5.26 Å². The Labute approximate surface area is 190 Å². The Morgan fingerprint density at radius 3 is 2.81 bits per heavy atom. The molecule has 0 saturated carbocycles. The third-order valence-corrected chi connectivity index (χ3v) is 4.90. The minimum Gasteiger partial charge on any atom is -0.493 e. The largest absolute Gasteiger partial charge is 0.493 e. The number of anilines is 2. The van der Waals surface area contributed by atoms with Crippen LogP contribution in [0.2, 0.25) is 5.02 Å². The number of rotatable bonds is 10. The molecular formula is C22H23ClFN5O3. The molecule has 3 rings (SSSR count). The molecule has 168 valence electrons. The van der Waals surface area contributed by atoms with E-state index in [9.17, 15) is 9.50 Å². The molecule has 1 aromatic heterocycles. The number of benzene rings is 2. The standard InChI is InChI=1S/C22H23ClFN5O3/c1-29(7-3-6-25)11-15(30)12-32-21-10-19-16(9-20(21)31-2)22(27-13-26-19)28-18-5-4-14(23)8-17(18)24/h4-5,8-10,13,15,30H,3,7,11-12H2,1-2H3,(H,26,27,28). The topological polar surface area (TPSA) is 104 Å². The summed E-state index contributed by atoms with van der Waals surface area (Å²) in [6.07, 6.45) is 0.987. The third kappa shape index (κ3) is 5.95. The lowest BCUT2D eigenvalue weighted by atomic mass is 10.2. The maximum Gasteiger partial charge on any atom is 0.163 e. The van der Waals surface area contributed by atoms with Crippen LogP contribution in [0.1, 0.15) is 6.42 Å². The second-order valence-electron chi connectivity index (χ2n) is 7.13. The lowest BCUT2D eigenvalue weighted by molar-refractivity contribution is 0.0759. The quantitative estimate of drug-likeness (QED) is 0.472. The summed E-state index contributed by atoms with van der Waals surface area (Å²) in [4.78, 5) is 10.3. The first-order chi connectivity index (χ1) is 15.4. The van der Waals surface area contributed by atoms with Crippen molar-refractivity contribution in [2.24, 2.45) is 0 Å².